The Hall–Kier alpha value is -3.06. The van der Waals surface area contributed by atoms with E-state index in [0.29, 0.717) is 16.3 Å². The Morgan fingerprint density at radius 1 is 1.14 bits per heavy atom. The molecule has 35 heavy (non-hydrogen) atoms. The van der Waals surface area contributed by atoms with Gasteiger partial charge in [0, 0.05) is 6.04 Å². The number of rotatable bonds is 7. The van der Waals surface area contributed by atoms with Crippen molar-refractivity contribution in [2.45, 2.75) is 65.6 Å². The van der Waals surface area contributed by atoms with Crippen LogP contribution in [0.1, 0.15) is 56.8 Å². The van der Waals surface area contributed by atoms with E-state index >= 15 is 0 Å². The van der Waals surface area contributed by atoms with Gasteiger partial charge in [-0.05, 0) is 64.2 Å². The lowest BCUT2D eigenvalue weighted by Gasteiger charge is -2.32. The zero-order valence-corrected chi connectivity index (χ0v) is 21.9. The number of carbonyl (C=O) groups excluding carboxylic acids is 3. The Bertz CT molecular complexity index is 1090. The summed E-state index contributed by atoms with van der Waals surface area (Å²) in [6.07, 6.45) is 0.0942. The third-order valence-electron chi connectivity index (χ3n) is 5.85. The predicted octanol–water partition coefficient (Wildman–Crippen LogP) is 5.40. The molecule has 188 valence electrons. The number of alkyl carbamates (subject to hydrolysis) is 1. The Kier molecular flexibility index (Phi) is 8.11. The summed E-state index contributed by atoms with van der Waals surface area (Å²) >= 11 is 6.37. The van der Waals surface area contributed by atoms with Crippen molar-refractivity contribution >= 4 is 35.2 Å². The van der Waals surface area contributed by atoms with Gasteiger partial charge in [0.25, 0.3) is 5.91 Å². The minimum atomic E-state index is -0.895. The Morgan fingerprint density at radius 3 is 2.37 bits per heavy atom. The molecule has 2 aromatic rings. The number of carbonyl (C=O) groups is 3. The van der Waals surface area contributed by atoms with Crippen LogP contribution in [0.15, 0.2) is 42.5 Å². The van der Waals surface area contributed by atoms with Gasteiger partial charge < -0.3 is 20.3 Å². The summed E-state index contributed by atoms with van der Waals surface area (Å²) in [6.45, 7) is 10.8. The minimum absolute atomic E-state index is 0.119. The number of para-hydroxylation sites is 1. The van der Waals surface area contributed by atoms with E-state index in [1.807, 2.05) is 57.2 Å². The maximum absolute atomic E-state index is 13.8. The molecule has 1 aliphatic rings. The molecule has 0 aliphatic heterocycles. The average Bonchev–Trinajstić information content (AvgIpc) is 3.47. The SMILES string of the molecule is Cc1cccc(C(C(=O)Nc2c(C)cccc2Cl)N(C(=O)CNC(=O)OC(C)(C)C)C2CC2C)c1. The van der Waals surface area contributed by atoms with E-state index in [1.54, 1.807) is 31.7 Å². The number of nitrogens with one attached hydrogen (secondary N) is 2. The fourth-order valence-electron chi connectivity index (χ4n) is 4.02. The molecule has 1 saturated carbocycles. The first-order chi connectivity index (χ1) is 16.4. The monoisotopic (exact) mass is 499 g/mol. The van der Waals surface area contributed by atoms with Crippen LogP contribution in [-0.2, 0) is 14.3 Å². The number of amides is 3. The zero-order valence-electron chi connectivity index (χ0n) is 21.1. The second-order valence-corrected chi connectivity index (χ2v) is 10.6. The van der Waals surface area contributed by atoms with E-state index in [9.17, 15) is 14.4 Å². The lowest BCUT2D eigenvalue weighted by Crippen LogP contribution is -2.48. The van der Waals surface area contributed by atoms with E-state index in [1.165, 1.54) is 0 Å². The summed E-state index contributed by atoms with van der Waals surface area (Å²) in [7, 11) is 0. The fourth-order valence-corrected chi connectivity index (χ4v) is 4.29. The predicted molar refractivity (Wildman–Crippen MR) is 137 cm³/mol. The lowest BCUT2D eigenvalue weighted by atomic mass is 10.0. The summed E-state index contributed by atoms with van der Waals surface area (Å²) in [4.78, 5) is 41.0. The van der Waals surface area contributed by atoms with Crippen LogP contribution in [0, 0.1) is 19.8 Å². The van der Waals surface area contributed by atoms with Crippen molar-refractivity contribution in [3.63, 3.8) is 0 Å². The van der Waals surface area contributed by atoms with Gasteiger partial charge in [-0.15, -0.1) is 0 Å². The molecular weight excluding hydrogens is 466 g/mol. The van der Waals surface area contributed by atoms with Gasteiger partial charge in [-0.3, -0.25) is 9.59 Å². The van der Waals surface area contributed by atoms with Crippen LogP contribution >= 0.6 is 11.6 Å². The molecule has 3 amide bonds. The number of hydrogen-bond donors (Lipinski definition) is 2. The van der Waals surface area contributed by atoms with E-state index in [2.05, 4.69) is 10.6 Å². The molecule has 8 heteroatoms. The minimum Gasteiger partial charge on any atom is -0.444 e. The number of aryl methyl sites for hydroxylation is 2. The van der Waals surface area contributed by atoms with Crippen molar-refractivity contribution in [1.82, 2.24) is 10.2 Å². The highest BCUT2D eigenvalue weighted by Crippen LogP contribution is 2.41. The first-order valence-corrected chi connectivity index (χ1v) is 12.2. The van der Waals surface area contributed by atoms with Crippen LogP contribution in [0.3, 0.4) is 0 Å². The molecule has 1 fully saturated rings. The molecule has 2 aromatic carbocycles. The highest BCUT2D eigenvalue weighted by atomic mass is 35.5. The Labute approximate surface area is 212 Å². The maximum Gasteiger partial charge on any atom is 0.408 e. The molecule has 7 nitrogen and oxygen atoms in total. The molecule has 2 N–H and O–H groups in total. The van der Waals surface area contributed by atoms with Crippen LogP contribution in [0.25, 0.3) is 0 Å². The molecule has 3 rings (SSSR count). The van der Waals surface area contributed by atoms with Crippen molar-refractivity contribution in [2.24, 2.45) is 5.92 Å². The molecule has 0 heterocycles. The van der Waals surface area contributed by atoms with Crippen LogP contribution in [-0.4, -0.2) is 41.0 Å². The number of nitrogens with zero attached hydrogens (tertiary/aromatic N) is 1. The van der Waals surface area contributed by atoms with Gasteiger partial charge in [-0.1, -0.05) is 60.5 Å². The highest BCUT2D eigenvalue weighted by Gasteiger charge is 2.46. The number of hydrogen-bond acceptors (Lipinski definition) is 4. The van der Waals surface area contributed by atoms with Gasteiger partial charge in [0.1, 0.15) is 18.2 Å². The third kappa shape index (κ3) is 6.98. The first kappa shape index (κ1) is 26.5. The van der Waals surface area contributed by atoms with E-state index < -0.39 is 17.7 Å². The number of ether oxygens (including phenoxy) is 1. The Morgan fingerprint density at radius 2 is 1.80 bits per heavy atom. The topological polar surface area (TPSA) is 87.7 Å². The van der Waals surface area contributed by atoms with Crippen molar-refractivity contribution in [3.05, 3.63) is 64.2 Å². The molecule has 3 atom stereocenters. The molecule has 0 aromatic heterocycles. The smallest absolute Gasteiger partial charge is 0.408 e. The van der Waals surface area contributed by atoms with Gasteiger partial charge in [0.05, 0.1) is 10.7 Å². The number of anilines is 1. The number of benzene rings is 2. The van der Waals surface area contributed by atoms with Crippen molar-refractivity contribution < 1.29 is 19.1 Å². The maximum atomic E-state index is 13.8. The zero-order chi connectivity index (χ0) is 25.9. The van der Waals surface area contributed by atoms with Gasteiger partial charge in [-0.2, -0.15) is 0 Å². The van der Waals surface area contributed by atoms with Gasteiger partial charge in [0.15, 0.2) is 0 Å². The summed E-state index contributed by atoms with van der Waals surface area (Å²) in [5.41, 5.74) is 2.31. The summed E-state index contributed by atoms with van der Waals surface area (Å²) in [5.74, 6) is -0.484. The standard InChI is InChI=1S/C27H34ClN3O4/c1-16-9-7-11-19(13-16)24(25(33)30-23-17(2)10-8-12-20(23)28)31(21-14-18(21)3)22(32)15-29-26(34)35-27(4,5)6/h7-13,18,21,24H,14-15H2,1-6H3,(H,29,34)(H,30,33). The molecule has 0 saturated heterocycles. The van der Waals surface area contributed by atoms with Crippen molar-refractivity contribution in [1.29, 1.82) is 0 Å². The van der Waals surface area contributed by atoms with Crippen LogP contribution < -0.4 is 10.6 Å². The average molecular weight is 500 g/mol. The molecular formula is C27H34ClN3O4. The fraction of sp³-hybridized carbons (Fsp3) is 0.444. The number of halogens is 1. The van der Waals surface area contributed by atoms with Gasteiger partial charge in [-0.25, -0.2) is 4.79 Å². The van der Waals surface area contributed by atoms with E-state index in [-0.39, 0.29) is 30.3 Å². The van der Waals surface area contributed by atoms with Gasteiger partial charge in [0.2, 0.25) is 5.91 Å². The molecule has 3 unspecified atom stereocenters. The van der Waals surface area contributed by atoms with Crippen LogP contribution in [0.4, 0.5) is 10.5 Å². The second-order valence-electron chi connectivity index (χ2n) is 10.2. The molecule has 0 radical (unpaired) electrons. The summed E-state index contributed by atoms with van der Waals surface area (Å²) < 4.78 is 5.26. The first-order valence-electron chi connectivity index (χ1n) is 11.8. The van der Waals surface area contributed by atoms with E-state index in [0.717, 1.165) is 17.5 Å². The van der Waals surface area contributed by atoms with Crippen LogP contribution in [0.5, 0.6) is 0 Å². The second kappa shape index (κ2) is 10.7. The quantitative estimate of drug-likeness (QED) is 0.534. The van der Waals surface area contributed by atoms with Crippen molar-refractivity contribution in [3.8, 4) is 0 Å². The molecule has 0 bridgehead atoms. The van der Waals surface area contributed by atoms with Crippen LogP contribution in [0.2, 0.25) is 5.02 Å². The lowest BCUT2D eigenvalue weighted by molar-refractivity contribution is -0.139. The normalized spacial score (nSPS) is 17.8. The van der Waals surface area contributed by atoms with Crippen molar-refractivity contribution in [2.75, 3.05) is 11.9 Å². The molecule has 1 aliphatic carbocycles. The third-order valence-corrected chi connectivity index (χ3v) is 6.16. The highest BCUT2D eigenvalue weighted by molar-refractivity contribution is 6.34. The van der Waals surface area contributed by atoms with E-state index in [4.69, 9.17) is 16.3 Å². The molecule has 0 spiro atoms. The largest absolute Gasteiger partial charge is 0.444 e. The summed E-state index contributed by atoms with van der Waals surface area (Å²) in [5, 5.41) is 5.91. The summed E-state index contributed by atoms with van der Waals surface area (Å²) in [6, 6.07) is 11.9. The Balaban J connectivity index is 1.93. The van der Waals surface area contributed by atoms with Gasteiger partial charge >= 0.3 is 6.09 Å².